The van der Waals surface area contributed by atoms with Crippen LogP contribution < -0.4 is 25.0 Å². The lowest BCUT2D eigenvalue weighted by molar-refractivity contribution is -0.0495. The molecule has 9 heteroatoms. The highest BCUT2D eigenvalue weighted by atomic mass is 19.3. The van der Waals surface area contributed by atoms with Crippen molar-refractivity contribution < 1.29 is 23.4 Å². The number of aliphatic imine (C=N–C) groups is 1. The van der Waals surface area contributed by atoms with E-state index in [9.17, 15) is 13.9 Å². The third kappa shape index (κ3) is 5.90. The Bertz CT molecular complexity index is 895. The van der Waals surface area contributed by atoms with Gasteiger partial charge in [0, 0.05) is 31.2 Å². The van der Waals surface area contributed by atoms with Gasteiger partial charge in [-0.1, -0.05) is 24.3 Å². The van der Waals surface area contributed by atoms with Gasteiger partial charge < -0.3 is 30.1 Å². The van der Waals surface area contributed by atoms with Crippen molar-refractivity contribution in [1.29, 1.82) is 0 Å². The molecule has 0 spiro atoms. The number of rotatable bonds is 8. The molecule has 3 rings (SSSR count). The summed E-state index contributed by atoms with van der Waals surface area (Å²) in [5.74, 6) is 1.27. The number of halogens is 2. The van der Waals surface area contributed by atoms with Crippen LogP contribution in [0.15, 0.2) is 47.5 Å². The number of aromatic hydroxyl groups is 1. The summed E-state index contributed by atoms with van der Waals surface area (Å²) in [5, 5.41) is 16.9. The third-order valence-electron chi connectivity index (χ3n) is 5.01. The van der Waals surface area contributed by atoms with Gasteiger partial charge in [-0.05, 0) is 31.5 Å². The smallest absolute Gasteiger partial charge is 0.387 e. The lowest BCUT2D eigenvalue weighted by Crippen LogP contribution is -2.44. The van der Waals surface area contributed by atoms with E-state index in [0.29, 0.717) is 42.6 Å². The summed E-state index contributed by atoms with van der Waals surface area (Å²) in [5.41, 5.74) is 1.30. The molecular formula is C22H28F2N4O3. The predicted molar refractivity (Wildman–Crippen MR) is 116 cm³/mol. The second kappa shape index (κ2) is 10.7. The molecule has 1 aliphatic heterocycles. The highest BCUT2D eigenvalue weighted by Gasteiger charge is 2.26. The number of benzene rings is 2. The van der Waals surface area contributed by atoms with E-state index < -0.39 is 6.61 Å². The van der Waals surface area contributed by atoms with Gasteiger partial charge in [0.25, 0.3) is 0 Å². The first kappa shape index (κ1) is 22.5. The Hall–Kier alpha value is -3.23. The normalized spacial score (nSPS) is 16.5. The molecule has 2 aromatic carbocycles. The predicted octanol–water partition coefficient (Wildman–Crippen LogP) is 3.34. The van der Waals surface area contributed by atoms with Crippen molar-refractivity contribution in [3.8, 4) is 17.2 Å². The fourth-order valence-corrected chi connectivity index (χ4v) is 3.55. The summed E-state index contributed by atoms with van der Waals surface area (Å²) in [4.78, 5) is 6.60. The minimum Gasteiger partial charge on any atom is -0.504 e. The minimum atomic E-state index is -2.86. The maximum atomic E-state index is 12.7. The van der Waals surface area contributed by atoms with Crippen molar-refractivity contribution in [2.75, 3.05) is 31.6 Å². The van der Waals surface area contributed by atoms with Crippen molar-refractivity contribution in [3.05, 3.63) is 48.0 Å². The van der Waals surface area contributed by atoms with Gasteiger partial charge in [-0.3, -0.25) is 0 Å². The van der Waals surface area contributed by atoms with E-state index in [0.717, 1.165) is 6.42 Å². The zero-order valence-corrected chi connectivity index (χ0v) is 17.6. The second-order valence-corrected chi connectivity index (χ2v) is 7.09. The molecule has 168 valence electrons. The quantitative estimate of drug-likeness (QED) is 0.437. The van der Waals surface area contributed by atoms with Gasteiger partial charge in [-0.25, -0.2) is 4.99 Å². The number of phenols is 1. The highest BCUT2D eigenvalue weighted by molar-refractivity contribution is 5.80. The lowest BCUT2D eigenvalue weighted by Gasteiger charge is -2.22. The SMILES string of the molecule is CCNC(=NCc1cccc(OC)c1O)NC1CCN(c2ccccc2OC(F)F)C1. The first-order valence-corrected chi connectivity index (χ1v) is 10.2. The first-order valence-electron chi connectivity index (χ1n) is 10.2. The van der Waals surface area contributed by atoms with Gasteiger partial charge in [0.2, 0.25) is 0 Å². The van der Waals surface area contributed by atoms with Crippen molar-refractivity contribution in [2.24, 2.45) is 4.99 Å². The molecule has 0 amide bonds. The number of para-hydroxylation sites is 3. The van der Waals surface area contributed by atoms with Crippen LogP contribution in [0.2, 0.25) is 0 Å². The molecule has 3 N–H and O–H groups in total. The van der Waals surface area contributed by atoms with Crippen LogP contribution >= 0.6 is 0 Å². The third-order valence-corrected chi connectivity index (χ3v) is 5.01. The molecule has 1 fully saturated rings. The van der Waals surface area contributed by atoms with Crippen LogP contribution in [0.25, 0.3) is 0 Å². The molecule has 31 heavy (non-hydrogen) atoms. The summed E-state index contributed by atoms with van der Waals surface area (Å²) in [6.07, 6.45) is 0.817. The van der Waals surface area contributed by atoms with Crippen molar-refractivity contribution >= 4 is 11.6 Å². The number of nitrogens with one attached hydrogen (secondary N) is 2. The van der Waals surface area contributed by atoms with Crippen LogP contribution in [-0.4, -0.2) is 50.5 Å². The van der Waals surface area contributed by atoms with Gasteiger partial charge in [0.1, 0.15) is 5.75 Å². The monoisotopic (exact) mass is 434 g/mol. The largest absolute Gasteiger partial charge is 0.504 e. The number of alkyl halides is 2. The van der Waals surface area contributed by atoms with Gasteiger partial charge in [-0.2, -0.15) is 8.78 Å². The molecule has 7 nitrogen and oxygen atoms in total. The van der Waals surface area contributed by atoms with Crippen LogP contribution in [0.1, 0.15) is 18.9 Å². The maximum absolute atomic E-state index is 12.7. The van der Waals surface area contributed by atoms with E-state index in [-0.39, 0.29) is 24.1 Å². The molecule has 0 aliphatic carbocycles. The Labute approximate surface area is 180 Å². The van der Waals surface area contributed by atoms with Crippen molar-refractivity contribution in [3.63, 3.8) is 0 Å². The molecule has 0 aromatic heterocycles. The number of hydrogen-bond donors (Lipinski definition) is 3. The first-order chi connectivity index (χ1) is 15.0. The Kier molecular flexibility index (Phi) is 7.75. The van der Waals surface area contributed by atoms with Crippen LogP contribution in [-0.2, 0) is 6.54 Å². The molecule has 2 aromatic rings. The Morgan fingerprint density at radius 2 is 2.00 bits per heavy atom. The zero-order valence-electron chi connectivity index (χ0n) is 17.6. The van der Waals surface area contributed by atoms with Gasteiger partial charge in [0.05, 0.1) is 19.3 Å². The molecular weight excluding hydrogens is 406 g/mol. The van der Waals surface area contributed by atoms with Crippen molar-refractivity contribution in [2.45, 2.75) is 32.5 Å². The van der Waals surface area contributed by atoms with E-state index in [1.165, 1.54) is 7.11 Å². The fraction of sp³-hybridized carbons (Fsp3) is 0.409. The molecule has 1 heterocycles. The molecule has 1 atom stereocenters. The maximum Gasteiger partial charge on any atom is 0.387 e. The number of guanidine groups is 1. The number of nitrogens with zero attached hydrogens (tertiary/aromatic N) is 2. The molecule has 1 aliphatic rings. The highest BCUT2D eigenvalue weighted by Crippen LogP contribution is 2.32. The van der Waals surface area contributed by atoms with Gasteiger partial charge in [-0.15, -0.1) is 0 Å². The molecule has 0 saturated carbocycles. The van der Waals surface area contributed by atoms with E-state index in [2.05, 4.69) is 20.4 Å². The summed E-state index contributed by atoms with van der Waals surface area (Å²) in [7, 11) is 1.50. The van der Waals surface area contributed by atoms with Crippen molar-refractivity contribution in [1.82, 2.24) is 10.6 Å². The number of phenolic OH excluding ortho intramolecular Hbond substituents is 1. The Morgan fingerprint density at radius 1 is 1.23 bits per heavy atom. The van der Waals surface area contributed by atoms with Crippen LogP contribution in [0, 0.1) is 0 Å². The molecule has 1 unspecified atom stereocenters. The minimum absolute atomic E-state index is 0.0762. The van der Waals surface area contributed by atoms with E-state index in [4.69, 9.17) is 4.74 Å². The summed E-state index contributed by atoms with van der Waals surface area (Å²) in [6.45, 7) is 1.39. The van der Waals surface area contributed by atoms with Gasteiger partial charge in [0.15, 0.2) is 17.5 Å². The second-order valence-electron chi connectivity index (χ2n) is 7.09. The zero-order chi connectivity index (χ0) is 22.2. The molecule has 0 bridgehead atoms. The summed E-state index contributed by atoms with van der Waals surface area (Å²) in [6, 6.07) is 12.2. The van der Waals surface area contributed by atoms with Crippen LogP contribution in [0.5, 0.6) is 17.2 Å². The van der Waals surface area contributed by atoms with E-state index >= 15 is 0 Å². The number of anilines is 1. The summed E-state index contributed by atoms with van der Waals surface area (Å²) < 4.78 is 35.2. The average Bonchev–Trinajstić information content (AvgIpc) is 3.21. The number of methoxy groups -OCH3 is 1. The van der Waals surface area contributed by atoms with E-state index in [1.807, 2.05) is 11.8 Å². The summed E-state index contributed by atoms with van der Waals surface area (Å²) >= 11 is 0. The van der Waals surface area contributed by atoms with Gasteiger partial charge >= 0.3 is 6.61 Å². The van der Waals surface area contributed by atoms with Crippen LogP contribution in [0.4, 0.5) is 14.5 Å². The molecule has 1 saturated heterocycles. The Balaban J connectivity index is 1.66. The standard InChI is InChI=1S/C22H28F2N4O3/c1-3-25-22(26-13-15-7-6-10-19(30-2)20(15)29)27-16-11-12-28(14-16)17-8-4-5-9-18(17)31-21(23)24/h4-10,16,21,29H,3,11-14H2,1-2H3,(H2,25,26,27). The average molecular weight is 434 g/mol. The van der Waals surface area contributed by atoms with E-state index in [1.54, 1.807) is 42.5 Å². The van der Waals surface area contributed by atoms with Crippen LogP contribution in [0.3, 0.4) is 0 Å². The molecule has 0 radical (unpaired) electrons. The lowest BCUT2D eigenvalue weighted by atomic mass is 10.2. The topological polar surface area (TPSA) is 78.4 Å². The number of ether oxygens (including phenoxy) is 2. The fourth-order valence-electron chi connectivity index (χ4n) is 3.55. The number of hydrogen-bond acceptors (Lipinski definition) is 5. The Morgan fingerprint density at radius 3 is 2.74 bits per heavy atom.